The molecule has 1 atom stereocenters. The fourth-order valence-electron chi connectivity index (χ4n) is 2.92. The van der Waals surface area contributed by atoms with Crippen molar-refractivity contribution in [3.05, 3.63) is 0 Å². The minimum absolute atomic E-state index is 0.352. The summed E-state index contributed by atoms with van der Waals surface area (Å²) in [4.78, 5) is 16.6. The second-order valence-corrected chi connectivity index (χ2v) is 5.88. The van der Waals surface area contributed by atoms with E-state index in [2.05, 4.69) is 23.6 Å². The fraction of sp³-hybridized carbons (Fsp3) is 0.929. The van der Waals surface area contributed by atoms with Gasteiger partial charge in [-0.25, -0.2) is 0 Å². The van der Waals surface area contributed by atoms with Crippen molar-refractivity contribution < 1.29 is 4.79 Å². The van der Waals surface area contributed by atoms with E-state index < -0.39 is 0 Å². The van der Waals surface area contributed by atoms with E-state index in [0.717, 1.165) is 25.6 Å². The molecule has 98 valence electrons. The highest BCUT2D eigenvalue weighted by atomic mass is 16.2. The van der Waals surface area contributed by atoms with Crippen molar-refractivity contribution in [2.75, 3.05) is 26.2 Å². The van der Waals surface area contributed by atoms with Crippen molar-refractivity contribution in [1.82, 2.24) is 9.80 Å². The Morgan fingerprint density at radius 1 is 1.06 bits per heavy atom. The molecule has 0 aromatic carbocycles. The van der Waals surface area contributed by atoms with Crippen LogP contribution in [-0.4, -0.2) is 47.9 Å². The Labute approximate surface area is 105 Å². The zero-order valence-electron chi connectivity index (χ0n) is 11.3. The second kappa shape index (κ2) is 5.85. The summed E-state index contributed by atoms with van der Waals surface area (Å²) >= 11 is 0. The lowest BCUT2D eigenvalue weighted by atomic mass is 9.99. The maximum Gasteiger partial charge on any atom is 0.236 e. The van der Waals surface area contributed by atoms with Gasteiger partial charge in [0.25, 0.3) is 0 Å². The highest BCUT2D eigenvalue weighted by Crippen LogP contribution is 2.19. The first-order valence-corrected chi connectivity index (χ1v) is 7.18. The average Bonchev–Trinajstić information content (AvgIpc) is 2.33. The smallest absolute Gasteiger partial charge is 0.236 e. The number of nitrogens with zero attached hydrogens (tertiary/aromatic N) is 2. The third-order valence-electron chi connectivity index (χ3n) is 4.42. The van der Waals surface area contributed by atoms with Gasteiger partial charge in [-0.05, 0) is 45.1 Å². The summed E-state index contributed by atoms with van der Waals surface area (Å²) in [6, 6.07) is 0.594. The fourth-order valence-corrected chi connectivity index (χ4v) is 2.92. The Morgan fingerprint density at radius 3 is 2.41 bits per heavy atom. The molecule has 0 radical (unpaired) electrons. The standard InChI is InChI=1S/C14H26N2O/c1-12-6-9-15(10-7-12)14(17)11-16-8-4-3-5-13(16)2/h12-13H,3-11H2,1-2H3. The number of likely N-dealkylation sites (tertiary alicyclic amines) is 2. The number of hydrogen-bond acceptors (Lipinski definition) is 2. The lowest BCUT2D eigenvalue weighted by Gasteiger charge is -2.36. The van der Waals surface area contributed by atoms with Gasteiger partial charge in [-0.15, -0.1) is 0 Å². The quantitative estimate of drug-likeness (QED) is 0.735. The van der Waals surface area contributed by atoms with Crippen LogP contribution in [0.15, 0.2) is 0 Å². The predicted molar refractivity (Wildman–Crippen MR) is 69.9 cm³/mol. The number of carbonyl (C=O) groups excluding carboxylic acids is 1. The SMILES string of the molecule is CC1CCN(C(=O)CN2CCCCC2C)CC1. The van der Waals surface area contributed by atoms with Crippen molar-refractivity contribution in [2.45, 2.75) is 52.0 Å². The van der Waals surface area contributed by atoms with E-state index in [1.165, 1.54) is 32.1 Å². The van der Waals surface area contributed by atoms with Gasteiger partial charge in [-0.3, -0.25) is 9.69 Å². The molecular formula is C14H26N2O. The topological polar surface area (TPSA) is 23.6 Å². The zero-order valence-corrected chi connectivity index (χ0v) is 11.3. The van der Waals surface area contributed by atoms with Crippen molar-refractivity contribution in [2.24, 2.45) is 5.92 Å². The van der Waals surface area contributed by atoms with Crippen molar-refractivity contribution in [3.8, 4) is 0 Å². The Balaban J connectivity index is 1.79. The van der Waals surface area contributed by atoms with Crippen LogP contribution in [-0.2, 0) is 4.79 Å². The van der Waals surface area contributed by atoms with Gasteiger partial charge < -0.3 is 4.90 Å². The Kier molecular flexibility index (Phi) is 4.43. The maximum atomic E-state index is 12.2. The van der Waals surface area contributed by atoms with Gasteiger partial charge >= 0.3 is 0 Å². The molecule has 3 nitrogen and oxygen atoms in total. The molecule has 0 aliphatic carbocycles. The van der Waals surface area contributed by atoms with E-state index in [4.69, 9.17) is 0 Å². The van der Waals surface area contributed by atoms with Gasteiger partial charge in [0.2, 0.25) is 5.91 Å². The van der Waals surface area contributed by atoms with E-state index in [9.17, 15) is 4.79 Å². The third kappa shape index (κ3) is 3.44. The minimum Gasteiger partial charge on any atom is -0.342 e. The number of rotatable bonds is 2. The van der Waals surface area contributed by atoms with Crippen LogP contribution < -0.4 is 0 Å². The van der Waals surface area contributed by atoms with E-state index in [-0.39, 0.29) is 0 Å². The van der Waals surface area contributed by atoms with E-state index in [0.29, 0.717) is 18.5 Å². The molecule has 1 amide bonds. The summed E-state index contributed by atoms with van der Waals surface area (Å²) in [6.45, 7) is 8.25. The third-order valence-corrected chi connectivity index (χ3v) is 4.42. The van der Waals surface area contributed by atoms with E-state index in [1.807, 2.05) is 0 Å². The zero-order chi connectivity index (χ0) is 12.3. The molecule has 3 heteroatoms. The lowest BCUT2D eigenvalue weighted by molar-refractivity contribution is -0.134. The van der Waals surface area contributed by atoms with Gasteiger partial charge in [0.05, 0.1) is 6.54 Å². The molecule has 2 fully saturated rings. The van der Waals surface area contributed by atoms with Crippen LogP contribution in [0.2, 0.25) is 0 Å². The second-order valence-electron chi connectivity index (χ2n) is 5.88. The van der Waals surface area contributed by atoms with Crippen LogP contribution in [0, 0.1) is 5.92 Å². The van der Waals surface area contributed by atoms with Crippen LogP contribution >= 0.6 is 0 Å². The first kappa shape index (κ1) is 12.9. The molecular weight excluding hydrogens is 212 g/mol. The van der Waals surface area contributed by atoms with E-state index in [1.54, 1.807) is 0 Å². The largest absolute Gasteiger partial charge is 0.342 e. The van der Waals surface area contributed by atoms with Crippen LogP contribution in [0.25, 0.3) is 0 Å². The molecule has 17 heavy (non-hydrogen) atoms. The summed E-state index contributed by atoms with van der Waals surface area (Å²) in [6.07, 6.45) is 6.20. The molecule has 2 aliphatic heterocycles. The Hall–Kier alpha value is -0.570. The molecule has 0 spiro atoms. The minimum atomic E-state index is 0.352. The van der Waals surface area contributed by atoms with Crippen molar-refractivity contribution in [1.29, 1.82) is 0 Å². The van der Waals surface area contributed by atoms with Gasteiger partial charge in [0.1, 0.15) is 0 Å². The monoisotopic (exact) mass is 238 g/mol. The Morgan fingerprint density at radius 2 is 1.76 bits per heavy atom. The van der Waals surface area contributed by atoms with Crippen LogP contribution in [0.4, 0.5) is 0 Å². The number of hydrogen-bond donors (Lipinski definition) is 0. The summed E-state index contributed by atoms with van der Waals surface area (Å²) in [5, 5.41) is 0. The number of piperidine rings is 2. The maximum absolute atomic E-state index is 12.2. The van der Waals surface area contributed by atoms with Crippen LogP contribution in [0.3, 0.4) is 0 Å². The highest BCUT2D eigenvalue weighted by Gasteiger charge is 2.25. The molecule has 0 aromatic rings. The molecule has 0 saturated carbocycles. The van der Waals surface area contributed by atoms with Gasteiger partial charge in [-0.2, -0.15) is 0 Å². The summed E-state index contributed by atoms with van der Waals surface area (Å²) in [5.41, 5.74) is 0. The average molecular weight is 238 g/mol. The molecule has 2 saturated heterocycles. The summed E-state index contributed by atoms with van der Waals surface area (Å²) in [7, 11) is 0. The molecule has 0 bridgehead atoms. The molecule has 0 N–H and O–H groups in total. The molecule has 2 rings (SSSR count). The summed E-state index contributed by atoms with van der Waals surface area (Å²) < 4.78 is 0. The van der Waals surface area contributed by atoms with Crippen LogP contribution in [0.5, 0.6) is 0 Å². The first-order chi connectivity index (χ1) is 8.16. The molecule has 2 aliphatic rings. The lowest BCUT2D eigenvalue weighted by Crippen LogP contribution is -2.47. The Bertz CT molecular complexity index is 259. The first-order valence-electron chi connectivity index (χ1n) is 7.18. The predicted octanol–water partition coefficient (Wildman–Crippen LogP) is 2.12. The highest BCUT2D eigenvalue weighted by molar-refractivity contribution is 5.78. The molecule has 2 heterocycles. The van der Waals surface area contributed by atoms with Gasteiger partial charge in [0.15, 0.2) is 0 Å². The van der Waals surface area contributed by atoms with E-state index >= 15 is 0 Å². The van der Waals surface area contributed by atoms with Gasteiger partial charge in [-0.1, -0.05) is 13.3 Å². The molecule has 1 unspecified atom stereocenters. The normalized spacial score (nSPS) is 28.4. The van der Waals surface area contributed by atoms with Crippen LogP contribution in [0.1, 0.15) is 46.0 Å². The van der Waals surface area contributed by atoms with Crippen molar-refractivity contribution >= 4 is 5.91 Å². The van der Waals surface area contributed by atoms with Crippen molar-refractivity contribution in [3.63, 3.8) is 0 Å². The number of amides is 1. The molecule has 0 aromatic heterocycles. The number of carbonyl (C=O) groups is 1. The summed E-state index contributed by atoms with van der Waals surface area (Å²) in [5.74, 6) is 1.15. The van der Waals surface area contributed by atoms with Gasteiger partial charge in [0, 0.05) is 19.1 Å².